The van der Waals surface area contributed by atoms with Crippen LogP contribution in [0.25, 0.3) is 27.4 Å². The highest BCUT2D eigenvalue weighted by molar-refractivity contribution is 6.70. The van der Waals surface area contributed by atoms with Gasteiger partial charge in [0.05, 0.1) is 34.6 Å². The molecule has 0 amide bonds. The van der Waals surface area contributed by atoms with E-state index in [4.69, 9.17) is 13.6 Å². The normalized spacial score (nSPS) is 35.4. The van der Waals surface area contributed by atoms with Crippen LogP contribution < -0.4 is 0 Å². The number of hydrogen-bond acceptors (Lipinski definition) is 5. The van der Waals surface area contributed by atoms with Gasteiger partial charge in [-0.3, -0.25) is 0 Å². The first-order valence-electron chi connectivity index (χ1n) is 20.9. The Morgan fingerprint density at radius 3 is 2.30 bits per heavy atom. The van der Waals surface area contributed by atoms with E-state index in [1.807, 2.05) is 0 Å². The second kappa shape index (κ2) is 11.7. The molecule has 0 radical (unpaired) electrons. The number of fused-ring (bicyclic) bond motifs is 11. The number of rotatable bonds is 8. The highest BCUT2D eigenvalue weighted by atomic mass is 28.4. The summed E-state index contributed by atoms with van der Waals surface area (Å²) in [4.78, 5) is 12.0. The first kappa shape index (κ1) is 38.6. The molecule has 3 heterocycles. The molecule has 0 saturated heterocycles. The van der Waals surface area contributed by atoms with Crippen molar-refractivity contribution in [2.24, 2.45) is 28.6 Å². The second-order valence-corrected chi connectivity index (χ2v) is 30.8. The van der Waals surface area contributed by atoms with Gasteiger partial charge in [-0.05, 0) is 170 Å². The topological polar surface area (TPSA) is 69.4 Å². The van der Waals surface area contributed by atoms with Crippen molar-refractivity contribution >= 4 is 50.4 Å². The number of aromatic nitrogens is 1. The summed E-state index contributed by atoms with van der Waals surface area (Å²) in [6, 6.07) is 2.50. The average Bonchev–Trinajstić information content (AvgIpc) is 3.69. The molecule has 5 unspecified atom stereocenters. The lowest BCUT2D eigenvalue weighted by molar-refractivity contribution is -0.162. The molecule has 5 aliphatic rings. The summed E-state index contributed by atoms with van der Waals surface area (Å²) < 4.78 is 23.6. The van der Waals surface area contributed by atoms with E-state index in [9.17, 15) is 9.90 Å². The molecule has 2 fully saturated rings. The van der Waals surface area contributed by atoms with Gasteiger partial charge in [-0.2, -0.15) is 0 Å². The van der Waals surface area contributed by atoms with Gasteiger partial charge in [-0.1, -0.05) is 27.4 Å². The number of allylic oxidation sites excluding steroid dienone is 1. The summed E-state index contributed by atoms with van der Waals surface area (Å²) in [6.45, 7) is 36.7. The molecule has 294 valence electrons. The Morgan fingerprint density at radius 1 is 1.02 bits per heavy atom. The van der Waals surface area contributed by atoms with E-state index in [0.717, 1.165) is 72.5 Å². The van der Waals surface area contributed by atoms with Crippen molar-refractivity contribution in [1.29, 1.82) is 0 Å². The van der Waals surface area contributed by atoms with Gasteiger partial charge in [-0.25, -0.2) is 0 Å². The van der Waals surface area contributed by atoms with Crippen LogP contribution in [0.15, 0.2) is 18.7 Å². The summed E-state index contributed by atoms with van der Waals surface area (Å²) in [7, 11) is -3.89. The molecule has 54 heavy (non-hydrogen) atoms. The highest BCUT2D eigenvalue weighted by Gasteiger charge is 2.68. The predicted octanol–water partition coefficient (Wildman–Crippen LogP) is 11.6. The largest absolute Gasteiger partial charge is 0.505 e. The van der Waals surface area contributed by atoms with Crippen LogP contribution >= 0.6 is 0 Å². The maximum Gasteiger partial charge on any atom is 0.184 e. The van der Waals surface area contributed by atoms with Crippen molar-refractivity contribution in [1.82, 2.24) is 4.40 Å². The maximum absolute atomic E-state index is 12.7. The van der Waals surface area contributed by atoms with E-state index in [1.165, 1.54) is 27.8 Å². The van der Waals surface area contributed by atoms with E-state index in [-0.39, 0.29) is 34.4 Å². The molecule has 3 aromatic rings. The summed E-state index contributed by atoms with van der Waals surface area (Å²) in [6.07, 6.45) is 10.3. The zero-order valence-corrected chi connectivity index (χ0v) is 37.8. The average molecular weight is 770 g/mol. The molecule has 1 N–H and O–H groups in total. The Labute approximate surface area is 326 Å². The van der Waals surface area contributed by atoms with Crippen LogP contribution in [0.3, 0.4) is 0 Å². The van der Waals surface area contributed by atoms with E-state index in [1.54, 1.807) is 0 Å². The molecular formula is C46H67NO5Si2. The Balaban J connectivity index is 1.41. The molecule has 8 atom stereocenters. The van der Waals surface area contributed by atoms with Gasteiger partial charge in [-0.15, -0.1) is 0 Å². The van der Waals surface area contributed by atoms with Crippen molar-refractivity contribution in [2.45, 2.75) is 168 Å². The third-order valence-corrected chi connectivity index (χ3v) is 17.2. The minimum atomic E-state index is -2.06. The SMILES string of the molecule is C=C(C)c1c(O)c2c3c(cc4c5c(n1c42)[C@@]1(C)C(CCC2[C@](C)(CCC=O)C(O[Si](C)(C)C)CC[C@@]21C)C5)C1=CC(C)(C)OC(C)(C)C1C3O[Si](C)(C)C. The third kappa shape index (κ3) is 5.14. The molecule has 1 aliphatic heterocycles. The van der Waals surface area contributed by atoms with Crippen LogP contribution in [0.1, 0.15) is 128 Å². The van der Waals surface area contributed by atoms with Crippen molar-refractivity contribution in [3.63, 3.8) is 0 Å². The van der Waals surface area contributed by atoms with Gasteiger partial charge >= 0.3 is 0 Å². The molecule has 0 spiro atoms. The number of aldehydes is 1. The fourth-order valence-electron chi connectivity index (χ4n) is 13.6. The number of ether oxygens (including phenoxy) is 1. The van der Waals surface area contributed by atoms with Crippen LogP contribution in [0.4, 0.5) is 0 Å². The minimum Gasteiger partial charge on any atom is -0.505 e. The maximum atomic E-state index is 12.7. The zero-order valence-electron chi connectivity index (χ0n) is 35.8. The lowest BCUT2D eigenvalue weighted by Crippen LogP contribution is -2.63. The fraction of sp³-hybridized carbons (Fsp3) is 0.674. The fourth-order valence-corrected chi connectivity index (χ4v) is 15.8. The number of carbonyl (C=O) groups excluding carboxylic acids is 1. The quantitative estimate of drug-likeness (QED) is 0.182. The molecule has 2 aromatic heterocycles. The first-order valence-corrected chi connectivity index (χ1v) is 27.7. The summed E-state index contributed by atoms with van der Waals surface area (Å²) >= 11 is 0. The van der Waals surface area contributed by atoms with Crippen LogP contribution in [-0.4, -0.2) is 49.7 Å². The van der Waals surface area contributed by atoms with Gasteiger partial charge in [0.15, 0.2) is 16.6 Å². The second-order valence-electron chi connectivity index (χ2n) is 21.9. The summed E-state index contributed by atoms with van der Waals surface area (Å²) in [5.74, 6) is 1.25. The Kier molecular flexibility index (Phi) is 8.35. The predicted molar refractivity (Wildman–Crippen MR) is 227 cm³/mol. The van der Waals surface area contributed by atoms with Crippen LogP contribution in [0.5, 0.6) is 5.75 Å². The number of aromatic hydroxyl groups is 1. The van der Waals surface area contributed by atoms with Gasteiger partial charge in [0.1, 0.15) is 12.0 Å². The van der Waals surface area contributed by atoms with E-state index in [0.29, 0.717) is 24.0 Å². The van der Waals surface area contributed by atoms with Gasteiger partial charge < -0.3 is 27.9 Å². The lowest BCUT2D eigenvalue weighted by atomic mass is 9.40. The summed E-state index contributed by atoms with van der Waals surface area (Å²) in [5.41, 5.74) is 8.18. The lowest BCUT2D eigenvalue weighted by Gasteiger charge is -2.66. The first-order chi connectivity index (χ1) is 24.8. The molecular weight excluding hydrogens is 703 g/mol. The Morgan fingerprint density at radius 2 is 1.69 bits per heavy atom. The summed E-state index contributed by atoms with van der Waals surface area (Å²) in [5, 5.41) is 15.0. The van der Waals surface area contributed by atoms with E-state index >= 15 is 0 Å². The minimum absolute atomic E-state index is 0.00977. The molecule has 0 bridgehead atoms. The molecule has 8 heteroatoms. The molecule has 8 rings (SSSR count). The van der Waals surface area contributed by atoms with Crippen molar-refractivity contribution in [3.05, 3.63) is 46.8 Å². The zero-order chi connectivity index (χ0) is 39.5. The van der Waals surface area contributed by atoms with Crippen LogP contribution in [0.2, 0.25) is 39.3 Å². The van der Waals surface area contributed by atoms with Crippen LogP contribution in [0, 0.1) is 28.6 Å². The number of benzene rings is 1. The van der Waals surface area contributed by atoms with E-state index < -0.39 is 27.8 Å². The smallest absolute Gasteiger partial charge is 0.184 e. The number of carbonyl (C=O) groups is 1. The Bertz CT molecular complexity index is 2110. The van der Waals surface area contributed by atoms with Crippen molar-refractivity contribution in [3.8, 4) is 5.75 Å². The molecule has 2 saturated carbocycles. The van der Waals surface area contributed by atoms with Crippen LogP contribution in [-0.2, 0) is 30.2 Å². The molecule has 1 aromatic carbocycles. The molecule has 6 nitrogen and oxygen atoms in total. The van der Waals surface area contributed by atoms with E-state index in [2.05, 4.69) is 118 Å². The third-order valence-electron chi connectivity index (χ3n) is 15.3. The van der Waals surface area contributed by atoms with Crippen molar-refractivity contribution < 1.29 is 23.5 Å². The molecule has 4 aliphatic carbocycles. The van der Waals surface area contributed by atoms with Gasteiger partial charge in [0, 0.05) is 39.8 Å². The van der Waals surface area contributed by atoms with Crippen molar-refractivity contribution in [2.75, 3.05) is 0 Å². The monoisotopic (exact) mass is 769 g/mol. The standard InChI is InChI=1S/C46H67NO5Si2/c1-26(2)37-39(49)35-34-28(31-25-42(3,4)52-43(5,6)36(31)40(34)51-54(13,14)15)24-29-30-23-27-17-18-32-44(7,20-16-22-48)33(50-53(10,11)12)19-21-45(32,8)46(27,9)41(30)47(37)38(29)35/h22,24-25,27,32-33,36,40,49H,1,16-21,23H2,2-15H3/t27?,32?,33?,36?,40?,44-,45-,46+/m0/s1. The number of nitrogens with zero attached hydrogens (tertiary/aromatic N) is 1. The highest BCUT2D eigenvalue weighted by Crippen LogP contribution is 2.72. The Hall–Kier alpha value is -2.24. The van der Waals surface area contributed by atoms with Gasteiger partial charge in [0.2, 0.25) is 0 Å². The van der Waals surface area contributed by atoms with Gasteiger partial charge in [0.25, 0.3) is 0 Å². The number of hydrogen-bond donors (Lipinski definition) is 1.